The van der Waals surface area contributed by atoms with Crippen molar-refractivity contribution in [1.82, 2.24) is 5.32 Å². The van der Waals surface area contributed by atoms with Crippen molar-refractivity contribution >= 4 is 5.91 Å². The van der Waals surface area contributed by atoms with E-state index < -0.39 is 0 Å². The van der Waals surface area contributed by atoms with Gasteiger partial charge >= 0.3 is 0 Å². The molecule has 1 unspecified atom stereocenters. The molecule has 3 nitrogen and oxygen atoms in total. The van der Waals surface area contributed by atoms with E-state index in [1.807, 2.05) is 54.6 Å². The second-order valence-electron chi connectivity index (χ2n) is 4.75. The van der Waals surface area contributed by atoms with Crippen molar-refractivity contribution in [3.63, 3.8) is 0 Å². The first-order valence-electron chi connectivity index (χ1n) is 6.89. The second-order valence-corrected chi connectivity index (χ2v) is 4.75. The van der Waals surface area contributed by atoms with Gasteiger partial charge in [-0.3, -0.25) is 4.79 Å². The van der Waals surface area contributed by atoms with Crippen LogP contribution in [0.15, 0.2) is 54.6 Å². The van der Waals surface area contributed by atoms with Gasteiger partial charge in [0.25, 0.3) is 5.91 Å². The van der Waals surface area contributed by atoms with Crippen LogP contribution in [0.1, 0.15) is 40.9 Å². The molecule has 0 bridgehead atoms. The van der Waals surface area contributed by atoms with Gasteiger partial charge < -0.3 is 11.1 Å². The Morgan fingerprint density at radius 2 is 1.90 bits per heavy atom. The Kier molecular flexibility index (Phi) is 4.91. The third-order valence-corrected chi connectivity index (χ3v) is 3.34. The van der Waals surface area contributed by atoms with Crippen molar-refractivity contribution in [2.24, 2.45) is 5.73 Å². The Morgan fingerprint density at radius 3 is 2.55 bits per heavy atom. The molecule has 0 heterocycles. The zero-order valence-electron chi connectivity index (χ0n) is 11.7. The average Bonchev–Trinajstić information content (AvgIpc) is 2.53. The molecular weight excluding hydrogens is 248 g/mol. The molecule has 0 saturated carbocycles. The molecule has 3 N–H and O–H groups in total. The van der Waals surface area contributed by atoms with Gasteiger partial charge in [0.05, 0.1) is 6.04 Å². The summed E-state index contributed by atoms with van der Waals surface area (Å²) in [6.07, 6.45) is 0.854. The van der Waals surface area contributed by atoms with Crippen molar-refractivity contribution in [1.29, 1.82) is 0 Å². The SMILES string of the molecule is CCC(NC(=O)c1cccc(CN)c1)c1ccccc1. The van der Waals surface area contributed by atoms with E-state index in [1.54, 1.807) is 0 Å². The molecule has 0 spiro atoms. The highest BCUT2D eigenvalue weighted by Gasteiger charge is 2.13. The lowest BCUT2D eigenvalue weighted by molar-refractivity contribution is 0.0935. The lowest BCUT2D eigenvalue weighted by Gasteiger charge is -2.17. The maximum absolute atomic E-state index is 12.3. The molecule has 104 valence electrons. The lowest BCUT2D eigenvalue weighted by Crippen LogP contribution is -2.28. The van der Waals surface area contributed by atoms with E-state index in [1.165, 1.54) is 0 Å². The van der Waals surface area contributed by atoms with Crippen LogP contribution in [0, 0.1) is 0 Å². The van der Waals surface area contributed by atoms with Gasteiger partial charge in [0.2, 0.25) is 0 Å². The second kappa shape index (κ2) is 6.87. The summed E-state index contributed by atoms with van der Waals surface area (Å²) in [6, 6.07) is 17.5. The van der Waals surface area contributed by atoms with Gasteiger partial charge in [0.15, 0.2) is 0 Å². The molecule has 2 aromatic rings. The number of carbonyl (C=O) groups is 1. The molecule has 0 aliphatic heterocycles. The number of hydrogen-bond donors (Lipinski definition) is 2. The van der Waals surface area contributed by atoms with Crippen LogP contribution in [0.25, 0.3) is 0 Å². The molecule has 0 aromatic heterocycles. The number of carbonyl (C=O) groups excluding carboxylic acids is 1. The van der Waals surface area contributed by atoms with Gasteiger partial charge in [0, 0.05) is 12.1 Å². The third-order valence-electron chi connectivity index (χ3n) is 3.34. The van der Waals surface area contributed by atoms with Crippen LogP contribution in [0.5, 0.6) is 0 Å². The molecule has 3 heteroatoms. The molecular formula is C17H20N2O. The summed E-state index contributed by atoms with van der Waals surface area (Å²) in [7, 11) is 0. The highest BCUT2D eigenvalue weighted by Crippen LogP contribution is 2.17. The van der Waals surface area contributed by atoms with E-state index in [2.05, 4.69) is 12.2 Å². The van der Waals surface area contributed by atoms with Gasteiger partial charge in [-0.15, -0.1) is 0 Å². The number of amides is 1. The average molecular weight is 268 g/mol. The van der Waals surface area contributed by atoms with Crippen LogP contribution >= 0.6 is 0 Å². The van der Waals surface area contributed by atoms with Crippen LogP contribution in [-0.2, 0) is 6.54 Å². The topological polar surface area (TPSA) is 55.1 Å². The van der Waals surface area contributed by atoms with Crippen LogP contribution in [0.3, 0.4) is 0 Å². The van der Waals surface area contributed by atoms with Crippen molar-refractivity contribution in [2.45, 2.75) is 25.9 Å². The van der Waals surface area contributed by atoms with Gasteiger partial charge in [-0.2, -0.15) is 0 Å². The van der Waals surface area contributed by atoms with Gasteiger partial charge in [-0.25, -0.2) is 0 Å². The summed E-state index contributed by atoms with van der Waals surface area (Å²) < 4.78 is 0. The monoisotopic (exact) mass is 268 g/mol. The number of hydrogen-bond acceptors (Lipinski definition) is 2. The Balaban J connectivity index is 2.13. The first kappa shape index (κ1) is 14.3. The number of benzene rings is 2. The number of nitrogens with two attached hydrogens (primary N) is 1. The van der Waals surface area contributed by atoms with E-state index in [9.17, 15) is 4.79 Å². The molecule has 0 aliphatic rings. The molecule has 1 amide bonds. The predicted octanol–water partition coefficient (Wildman–Crippen LogP) is 3.03. The Bertz CT molecular complexity index is 566. The van der Waals surface area contributed by atoms with E-state index in [-0.39, 0.29) is 11.9 Å². The largest absolute Gasteiger partial charge is 0.345 e. The van der Waals surface area contributed by atoms with E-state index in [0.717, 1.165) is 17.5 Å². The Morgan fingerprint density at radius 1 is 1.15 bits per heavy atom. The lowest BCUT2D eigenvalue weighted by atomic mass is 10.0. The quantitative estimate of drug-likeness (QED) is 0.875. The van der Waals surface area contributed by atoms with Gasteiger partial charge in [-0.05, 0) is 29.7 Å². The van der Waals surface area contributed by atoms with Crippen molar-refractivity contribution in [3.8, 4) is 0 Å². The smallest absolute Gasteiger partial charge is 0.251 e. The molecule has 0 aliphatic carbocycles. The first-order valence-corrected chi connectivity index (χ1v) is 6.89. The summed E-state index contributed by atoms with van der Waals surface area (Å²) in [4.78, 5) is 12.3. The molecule has 1 atom stereocenters. The fraction of sp³-hybridized carbons (Fsp3) is 0.235. The fourth-order valence-electron chi connectivity index (χ4n) is 2.19. The number of rotatable bonds is 5. The minimum Gasteiger partial charge on any atom is -0.345 e. The van der Waals surface area contributed by atoms with E-state index in [0.29, 0.717) is 12.1 Å². The Hall–Kier alpha value is -2.13. The van der Waals surface area contributed by atoms with Crippen LogP contribution < -0.4 is 11.1 Å². The fourth-order valence-corrected chi connectivity index (χ4v) is 2.19. The minimum atomic E-state index is -0.0593. The highest BCUT2D eigenvalue weighted by molar-refractivity contribution is 5.94. The van der Waals surface area contributed by atoms with Crippen LogP contribution in [-0.4, -0.2) is 5.91 Å². The molecule has 20 heavy (non-hydrogen) atoms. The molecule has 0 radical (unpaired) electrons. The number of nitrogens with one attached hydrogen (secondary N) is 1. The summed E-state index contributed by atoms with van der Waals surface area (Å²) in [5.41, 5.74) is 8.35. The molecule has 0 saturated heterocycles. The standard InChI is InChI=1S/C17H20N2O/c1-2-16(14-8-4-3-5-9-14)19-17(20)15-10-6-7-13(11-15)12-18/h3-11,16H,2,12,18H2,1H3,(H,19,20). The first-order chi connectivity index (χ1) is 9.74. The molecule has 2 aromatic carbocycles. The summed E-state index contributed by atoms with van der Waals surface area (Å²) in [6.45, 7) is 2.51. The van der Waals surface area contributed by atoms with Gasteiger partial charge in [-0.1, -0.05) is 49.4 Å². The van der Waals surface area contributed by atoms with E-state index in [4.69, 9.17) is 5.73 Å². The van der Waals surface area contributed by atoms with Crippen molar-refractivity contribution in [2.75, 3.05) is 0 Å². The maximum atomic E-state index is 12.3. The van der Waals surface area contributed by atoms with Crippen LogP contribution in [0.2, 0.25) is 0 Å². The summed E-state index contributed by atoms with van der Waals surface area (Å²) >= 11 is 0. The third kappa shape index (κ3) is 3.45. The highest BCUT2D eigenvalue weighted by atomic mass is 16.1. The van der Waals surface area contributed by atoms with Crippen LogP contribution in [0.4, 0.5) is 0 Å². The van der Waals surface area contributed by atoms with Crippen molar-refractivity contribution in [3.05, 3.63) is 71.3 Å². The zero-order valence-corrected chi connectivity index (χ0v) is 11.7. The normalized spacial score (nSPS) is 11.9. The summed E-state index contributed by atoms with van der Waals surface area (Å²) in [5, 5.41) is 3.07. The Labute approximate surface area is 119 Å². The molecule has 2 rings (SSSR count). The van der Waals surface area contributed by atoms with Crippen molar-refractivity contribution < 1.29 is 4.79 Å². The zero-order chi connectivity index (χ0) is 14.4. The maximum Gasteiger partial charge on any atom is 0.251 e. The van der Waals surface area contributed by atoms with E-state index >= 15 is 0 Å². The molecule has 0 fully saturated rings. The van der Waals surface area contributed by atoms with Gasteiger partial charge in [0.1, 0.15) is 0 Å². The summed E-state index contributed by atoms with van der Waals surface area (Å²) in [5.74, 6) is -0.0593. The predicted molar refractivity (Wildman–Crippen MR) is 81.3 cm³/mol. The minimum absolute atomic E-state index is 0.0326.